The normalized spacial score (nSPS) is 28.1. The van der Waals surface area contributed by atoms with Crippen molar-refractivity contribution < 1.29 is 9.46 Å². The van der Waals surface area contributed by atoms with Crippen LogP contribution in [0, 0.1) is 11.3 Å². The number of hydrogen-bond donors (Lipinski definition) is 1. The van der Waals surface area contributed by atoms with E-state index in [-0.39, 0.29) is 0 Å². The van der Waals surface area contributed by atoms with Crippen molar-refractivity contribution in [1.29, 1.82) is 0 Å². The summed E-state index contributed by atoms with van der Waals surface area (Å²) >= 11 is 0. The lowest BCUT2D eigenvalue weighted by Gasteiger charge is -1.91. The summed E-state index contributed by atoms with van der Waals surface area (Å²) in [6.07, 6.45) is 1.44. The second-order valence-corrected chi connectivity index (χ2v) is 4.49. The maximum atomic E-state index is 9.15. The first-order chi connectivity index (χ1) is 4.36. The van der Waals surface area contributed by atoms with Crippen LogP contribution in [-0.4, -0.2) is 11.6 Å². The fraction of sp³-hybridized carbons (Fsp3) is 1.00. The lowest BCUT2D eigenvalue weighted by atomic mass is 10.1. The molecule has 10 heavy (non-hydrogen) atoms. The summed E-state index contributed by atoms with van der Waals surface area (Å²) in [5.41, 5.74) is 0.708. The molecule has 1 rings (SSSR count). The zero-order valence-corrected chi connectivity index (χ0v) is 7.98. The molecule has 1 fully saturated rings. The molecule has 0 bridgehead atoms. The van der Waals surface area contributed by atoms with Crippen molar-refractivity contribution in [3.05, 3.63) is 0 Å². The topological polar surface area (TPSA) is 37.3 Å². The standard InChI is InChI=1S/C6H12.CH3O2P/c1-5-4-6(5,2)3;1-4(2)3/h5H,4H2,1-3H3;1H3/p+1. The molecule has 0 amide bonds. The van der Waals surface area contributed by atoms with E-state index in [1.807, 2.05) is 0 Å². The zero-order chi connectivity index (χ0) is 8.36. The summed E-state index contributed by atoms with van der Waals surface area (Å²) in [6.45, 7) is 8.17. The van der Waals surface area contributed by atoms with Gasteiger partial charge >= 0.3 is 8.03 Å². The Morgan fingerprint density at radius 1 is 1.60 bits per heavy atom. The largest absolute Gasteiger partial charge is 0.502 e. The van der Waals surface area contributed by atoms with E-state index in [1.165, 1.54) is 13.1 Å². The minimum atomic E-state index is -1.87. The van der Waals surface area contributed by atoms with Crippen LogP contribution in [-0.2, 0) is 4.57 Å². The molecule has 0 aliphatic heterocycles. The first-order valence-corrected chi connectivity index (χ1v) is 5.12. The van der Waals surface area contributed by atoms with Crippen LogP contribution < -0.4 is 0 Å². The lowest BCUT2D eigenvalue weighted by molar-refractivity contribution is 0.509. The molecule has 3 heteroatoms. The van der Waals surface area contributed by atoms with Gasteiger partial charge < -0.3 is 0 Å². The Labute approximate surface area is 63.5 Å². The first-order valence-electron chi connectivity index (χ1n) is 3.46. The molecule has 2 atom stereocenters. The third-order valence-electron chi connectivity index (χ3n) is 2.01. The van der Waals surface area contributed by atoms with E-state index in [1.54, 1.807) is 0 Å². The highest BCUT2D eigenvalue weighted by Crippen LogP contribution is 2.50. The molecule has 0 heterocycles. The molecule has 0 aromatic heterocycles. The number of hydrogen-bond acceptors (Lipinski definition) is 1. The van der Waals surface area contributed by atoms with Crippen LogP contribution in [0.3, 0.4) is 0 Å². The minimum absolute atomic E-state index is 0.708. The third kappa shape index (κ3) is 4.89. The van der Waals surface area contributed by atoms with Crippen LogP contribution in [0.25, 0.3) is 0 Å². The van der Waals surface area contributed by atoms with Gasteiger partial charge in [0.15, 0.2) is 6.66 Å². The Hall–Kier alpha value is 0.0600. The van der Waals surface area contributed by atoms with Crippen LogP contribution in [0.4, 0.5) is 0 Å². The predicted octanol–water partition coefficient (Wildman–Crippen LogP) is 2.40. The van der Waals surface area contributed by atoms with E-state index in [2.05, 4.69) is 20.8 Å². The van der Waals surface area contributed by atoms with Gasteiger partial charge in [0, 0.05) is 0 Å². The molecule has 0 spiro atoms. The average Bonchev–Trinajstić information content (AvgIpc) is 2.08. The Kier molecular flexibility index (Phi) is 3.47. The van der Waals surface area contributed by atoms with E-state index in [0.717, 1.165) is 5.92 Å². The molecule has 2 nitrogen and oxygen atoms in total. The SMILES string of the molecule is CC1CC1(C)C.C[P+](=O)O. The Morgan fingerprint density at radius 3 is 1.70 bits per heavy atom. The zero-order valence-electron chi connectivity index (χ0n) is 7.09. The second kappa shape index (κ2) is 3.45. The van der Waals surface area contributed by atoms with Gasteiger partial charge in [-0.05, 0) is 22.3 Å². The fourth-order valence-corrected chi connectivity index (χ4v) is 0.730. The van der Waals surface area contributed by atoms with E-state index in [9.17, 15) is 0 Å². The molecule has 0 saturated heterocycles. The van der Waals surface area contributed by atoms with Crippen LogP contribution in [0.2, 0.25) is 0 Å². The van der Waals surface area contributed by atoms with Crippen molar-refractivity contribution in [3.63, 3.8) is 0 Å². The molecule has 1 saturated carbocycles. The number of rotatable bonds is 0. The monoisotopic (exact) mass is 163 g/mol. The molecule has 1 aliphatic rings. The molecule has 0 aromatic rings. The lowest BCUT2D eigenvalue weighted by Crippen LogP contribution is -1.82. The summed E-state index contributed by atoms with van der Waals surface area (Å²) in [5.74, 6) is 0.998. The van der Waals surface area contributed by atoms with Crippen molar-refractivity contribution in [3.8, 4) is 0 Å². The summed E-state index contributed by atoms with van der Waals surface area (Å²) in [6, 6.07) is 0. The van der Waals surface area contributed by atoms with E-state index >= 15 is 0 Å². The Bertz CT molecular complexity index is 128. The van der Waals surface area contributed by atoms with Crippen LogP contribution >= 0.6 is 8.03 Å². The van der Waals surface area contributed by atoms with Gasteiger partial charge in [-0.15, -0.1) is 0 Å². The van der Waals surface area contributed by atoms with Gasteiger partial charge in [0.05, 0.1) is 0 Å². The Balaban J connectivity index is 0.000000180. The Morgan fingerprint density at radius 2 is 1.70 bits per heavy atom. The maximum Gasteiger partial charge on any atom is 0.502 e. The van der Waals surface area contributed by atoms with Gasteiger partial charge in [-0.3, -0.25) is 0 Å². The van der Waals surface area contributed by atoms with Crippen LogP contribution in [0.1, 0.15) is 27.2 Å². The predicted molar refractivity (Wildman–Crippen MR) is 43.3 cm³/mol. The van der Waals surface area contributed by atoms with Crippen molar-refractivity contribution in [2.24, 2.45) is 11.3 Å². The van der Waals surface area contributed by atoms with E-state index in [4.69, 9.17) is 9.46 Å². The molecule has 1 N–H and O–H groups in total. The summed E-state index contributed by atoms with van der Waals surface area (Å²) in [7, 11) is -1.87. The van der Waals surface area contributed by atoms with Gasteiger partial charge in [-0.1, -0.05) is 20.8 Å². The van der Waals surface area contributed by atoms with Gasteiger partial charge in [0.1, 0.15) is 0 Å². The fourth-order valence-electron chi connectivity index (χ4n) is 0.730. The van der Waals surface area contributed by atoms with Crippen molar-refractivity contribution in [1.82, 2.24) is 0 Å². The molecule has 0 aromatic carbocycles. The van der Waals surface area contributed by atoms with Gasteiger partial charge in [-0.25, -0.2) is 0 Å². The highest BCUT2D eigenvalue weighted by Gasteiger charge is 2.41. The van der Waals surface area contributed by atoms with E-state index in [0.29, 0.717) is 5.41 Å². The highest BCUT2D eigenvalue weighted by molar-refractivity contribution is 7.36. The maximum absolute atomic E-state index is 9.15. The average molecular weight is 163 g/mol. The van der Waals surface area contributed by atoms with E-state index < -0.39 is 8.03 Å². The second-order valence-electron chi connectivity index (χ2n) is 3.56. The molecule has 0 radical (unpaired) electrons. The summed E-state index contributed by atoms with van der Waals surface area (Å²) in [5, 5.41) is 0. The van der Waals surface area contributed by atoms with Crippen LogP contribution in [0.5, 0.6) is 0 Å². The van der Waals surface area contributed by atoms with Crippen molar-refractivity contribution in [2.75, 3.05) is 6.66 Å². The van der Waals surface area contributed by atoms with Crippen LogP contribution in [0.15, 0.2) is 0 Å². The smallest absolute Gasteiger partial charge is 0.161 e. The first kappa shape index (κ1) is 10.1. The van der Waals surface area contributed by atoms with Gasteiger partial charge in [0.2, 0.25) is 0 Å². The highest BCUT2D eigenvalue weighted by atomic mass is 31.1. The van der Waals surface area contributed by atoms with Gasteiger partial charge in [0.25, 0.3) is 0 Å². The summed E-state index contributed by atoms with van der Waals surface area (Å²) in [4.78, 5) is 7.56. The molecule has 1 aliphatic carbocycles. The third-order valence-corrected chi connectivity index (χ3v) is 2.01. The molecule has 60 valence electrons. The molecular formula is C7H16O2P+. The molecular weight excluding hydrogens is 147 g/mol. The molecule has 2 unspecified atom stereocenters. The van der Waals surface area contributed by atoms with Crippen molar-refractivity contribution in [2.45, 2.75) is 27.2 Å². The van der Waals surface area contributed by atoms with Crippen molar-refractivity contribution >= 4 is 8.03 Å². The van der Waals surface area contributed by atoms with Gasteiger partial charge in [-0.2, -0.15) is 4.89 Å². The summed E-state index contributed by atoms with van der Waals surface area (Å²) < 4.78 is 9.15. The minimum Gasteiger partial charge on any atom is -0.161 e. The quantitative estimate of drug-likeness (QED) is 0.557.